The number of hydrogen-bond donors (Lipinski definition) is 1. The van der Waals surface area contributed by atoms with Crippen LogP contribution in [0.15, 0.2) is 22.7 Å². The van der Waals surface area contributed by atoms with Crippen molar-refractivity contribution in [2.24, 2.45) is 5.92 Å². The van der Waals surface area contributed by atoms with E-state index < -0.39 is 0 Å². The first kappa shape index (κ1) is 14.0. The van der Waals surface area contributed by atoms with Crippen LogP contribution in [0.2, 0.25) is 5.22 Å². The molecule has 0 aliphatic carbocycles. The largest absolute Gasteiger partial charge is 0.443 e. The average Bonchev–Trinajstić information content (AvgIpc) is 2.90. The van der Waals surface area contributed by atoms with Gasteiger partial charge in [0.15, 0.2) is 10.8 Å². The van der Waals surface area contributed by atoms with Gasteiger partial charge in [0.2, 0.25) is 0 Å². The molecule has 5 rings (SSSR count). The Bertz CT molecular complexity index is 719. The molecule has 6 heteroatoms. The van der Waals surface area contributed by atoms with Gasteiger partial charge >= 0.3 is 0 Å². The second kappa shape index (κ2) is 5.25. The van der Waals surface area contributed by atoms with E-state index in [9.17, 15) is 4.79 Å². The molecular formula is C16H18ClN3O2. The molecule has 0 saturated carbocycles. The van der Waals surface area contributed by atoms with Crippen molar-refractivity contribution in [3.05, 3.63) is 29.2 Å². The number of carbonyl (C=O) groups is 1. The highest BCUT2D eigenvalue weighted by Gasteiger charge is 2.40. The minimum atomic E-state index is -0.121. The van der Waals surface area contributed by atoms with Crippen molar-refractivity contribution < 1.29 is 9.21 Å². The number of rotatable bonds is 2. The average molecular weight is 320 g/mol. The third-order valence-corrected chi connectivity index (χ3v) is 5.27. The number of nitrogens with zero attached hydrogens (tertiary/aromatic N) is 2. The lowest BCUT2D eigenvalue weighted by Crippen LogP contribution is -2.62. The van der Waals surface area contributed by atoms with Crippen LogP contribution in [-0.2, 0) is 0 Å². The van der Waals surface area contributed by atoms with Crippen LogP contribution in [-0.4, -0.2) is 41.0 Å². The maximum absolute atomic E-state index is 12.5. The second-order valence-corrected chi connectivity index (χ2v) is 6.64. The maximum Gasteiger partial charge on any atom is 0.270 e. The number of fused-ring (bicyclic) bond motifs is 4. The van der Waals surface area contributed by atoms with Crippen LogP contribution in [0, 0.1) is 5.92 Å². The zero-order chi connectivity index (χ0) is 15.3. The molecule has 5 nitrogen and oxygen atoms in total. The van der Waals surface area contributed by atoms with Crippen LogP contribution >= 0.6 is 11.6 Å². The molecule has 2 atom stereocenters. The Balaban J connectivity index is 1.55. The molecule has 5 heterocycles. The van der Waals surface area contributed by atoms with Crippen molar-refractivity contribution in [1.29, 1.82) is 0 Å². The number of pyridine rings is 1. The SMILES string of the molecule is C[C@H]1[C@H](NC(=O)c2cc3cc(Cl)oc3cn2)C2CCN1CC2. The second-order valence-electron chi connectivity index (χ2n) is 6.27. The summed E-state index contributed by atoms with van der Waals surface area (Å²) in [5.74, 6) is 0.459. The van der Waals surface area contributed by atoms with Gasteiger partial charge in [-0.3, -0.25) is 9.69 Å². The van der Waals surface area contributed by atoms with Crippen LogP contribution < -0.4 is 5.32 Å². The molecular weight excluding hydrogens is 302 g/mol. The van der Waals surface area contributed by atoms with Crippen LogP contribution in [0.4, 0.5) is 0 Å². The predicted molar refractivity (Wildman–Crippen MR) is 84.0 cm³/mol. The van der Waals surface area contributed by atoms with E-state index in [0.717, 1.165) is 18.5 Å². The van der Waals surface area contributed by atoms with Gasteiger partial charge in [0.1, 0.15) is 5.69 Å². The lowest BCUT2D eigenvalue weighted by atomic mass is 9.79. The fourth-order valence-corrected chi connectivity index (χ4v) is 4.01. The first-order chi connectivity index (χ1) is 10.6. The first-order valence-corrected chi connectivity index (χ1v) is 8.09. The Morgan fingerprint density at radius 2 is 2.18 bits per heavy atom. The molecule has 2 aromatic heterocycles. The quantitative estimate of drug-likeness (QED) is 0.924. The van der Waals surface area contributed by atoms with Crippen LogP contribution in [0.5, 0.6) is 0 Å². The molecule has 1 amide bonds. The summed E-state index contributed by atoms with van der Waals surface area (Å²) in [5.41, 5.74) is 1.01. The van der Waals surface area contributed by atoms with E-state index in [1.54, 1.807) is 18.3 Å². The van der Waals surface area contributed by atoms with Crippen LogP contribution in [0.25, 0.3) is 11.0 Å². The third-order valence-electron chi connectivity index (χ3n) is 5.08. The number of piperidine rings is 3. The van der Waals surface area contributed by atoms with Gasteiger partial charge in [-0.15, -0.1) is 0 Å². The van der Waals surface area contributed by atoms with Gasteiger partial charge in [-0.25, -0.2) is 4.98 Å². The number of halogens is 1. The van der Waals surface area contributed by atoms with Gasteiger partial charge in [-0.05, 0) is 56.4 Å². The Morgan fingerprint density at radius 3 is 2.91 bits per heavy atom. The molecule has 3 fully saturated rings. The smallest absolute Gasteiger partial charge is 0.270 e. The first-order valence-electron chi connectivity index (χ1n) is 7.72. The van der Waals surface area contributed by atoms with Gasteiger partial charge in [0.25, 0.3) is 5.91 Å². The standard InChI is InChI=1S/C16H18ClN3O2/c1-9-15(10-2-4-20(9)5-3-10)19-16(21)12-6-11-7-14(17)22-13(11)8-18-12/h6-10,15H,2-5H2,1H3,(H,19,21)/t9-,15-/m0/s1. The molecule has 116 valence electrons. The molecule has 22 heavy (non-hydrogen) atoms. The molecule has 3 aliphatic rings. The zero-order valence-electron chi connectivity index (χ0n) is 12.4. The van der Waals surface area contributed by atoms with Crippen molar-refractivity contribution in [2.45, 2.75) is 31.8 Å². The zero-order valence-corrected chi connectivity index (χ0v) is 13.1. The number of amides is 1. The predicted octanol–water partition coefficient (Wildman–Crippen LogP) is 2.69. The summed E-state index contributed by atoms with van der Waals surface area (Å²) in [4.78, 5) is 19.2. The number of hydrogen-bond acceptors (Lipinski definition) is 4. The Labute approximate surface area is 133 Å². The van der Waals surface area contributed by atoms with Crippen molar-refractivity contribution in [1.82, 2.24) is 15.2 Å². The summed E-state index contributed by atoms with van der Waals surface area (Å²) >= 11 is 5.83. The highest BCUT2D eigenvalue weighted by Crippen LogP contribution is 2.32. The highest BCUT2D eigenvalue weighted by atomic mass is 35.5. The molecule has 2 aromatic rings. The summed E-state index contributed by atoms with van der Waals surface area (Å²) in [6.45, 7) is 4.49. The van der Waals surface area contributed by atoms with Gasteiger partial charge in [-0.1, -0.05) is 0 Å². The summed E-state index contributed by atoms with van der Waals surface area (Å²) in [7, 11) is 0. The number of furan rings is 1. The number of aromatic nitrogens is 1. The van der Waals surface area contributed by atoms with Gasteiger partial charge < -0.3 is 9.73 Å². The van der Waals surface area contributed by atoms with Crippen molar-refractivity contribution in [2.75, 3.05) is 13.1 Å². The molecule has 3 aliphatic heterocycles. The minimum absolute atomic E-state index is 0.121. The van der Waals surface area contributed by atoms with Gasteiger partial charge in [0.05, 0.1) is 6.20 Å². The number of nitrogens with one attached hydrogen (secondary N) is 1. The highest BCUT2D eigenvalue weighted by molar-refractivity contribution is 6.29. The Hall–Kier alpha value is -1.59. The minimum Gasteiger partial charge on any atom is -0.443 e. The molecule has 0 radical (unpaired) electrons. The molecule has 0 aromatic carbocycles. The van der Waals surface area contributed by atoms with Gasteiger partial charge in [-0.2, -0.15) is 0 Å². The Morgan fingerprint density at radius 1 is 1.41 bits per heavy atom. The fourth-order valence-electron chi connectivity index (χ4n) is 3.81. The maximum atomic E-state index is 12.5. The van der Waals surface area contributed by atoms with E-state index in [1.165, 1.54) is 12.8 Å². The molecule has 1 N–H and O–H groups in total. The molecule has 0 unspecified atom stereocenters. The molecule has 2 bridgehead atoms. The molecule has 0 spiro atoms. The van der Waals surface area contributed by atoms with E-state index in [-0.39, 0.29) is 11.9 Å². The Kier molecular flexibility index (Phi) is 3.35. The van der Waals surface area contributed by atoms with Crippen molar-refractivity contribution >= 4 is 28.5 Å². The van der Waals surface area contributed by atoms with Crippen LogP contribution in [0.3, 0.4) is 0 Å². The normalized spacial score (nSPS) is 30.6. The number of carbonyl (C=O) groups excluding carboxylic acids is 1. The summed E-state index contributed by atoms with van der Waals surface area (Å²) < 4.78 is 5.27. The third kappa shape index (κ3) is 2.29. The van der Waals surface area contributed by atoms with E-state index in [0.29, 0.717) is 28.5 Å². The van der Waals surface area contributed by atoms with E-state index in [2.05, 4.69) is 22.1 Å². The lowest BCUT2D eigenvalue weighted by molar-refractivity contribution is 0.0216. The van der Waals surface area contributed by atoms with E-state index >= 15 is 0 Å². The topological polar surface area (TPSA) is 58.4 Å². The van der Waals surface area contributed by atoms with E-state index in [1.807, 2.05) is 0 Å². The lowest BCUT2D eigenvalue weighted by Gasteiger charge is -2.49. The van der Waals surface area contributed by atoms with E-state index in [4.69, 9.17) is 16.0 Å². The molecule has 3 saturated heterocycles. The summed E-state index contributed by atoms with van der Waals surface area (Å²) in [6.07, 6.45) is 3.88. The van der Waals surface area contributed by atoms with Gasteiger partial charge in [0, 0.05) is 23.5 Å². The van der Waals surface area contributed by atoms with Crippen molar-refractivity contribution in [3.63, 3.8) is 0 Å². The fraction of sp³-hybridized carbons (Fsp3) is 0.500. The summed E-state index contributed by atoms with van der Waals surface area (Å²) in [5, 5.41) is 4.29. The van der Waals surface area contributed by atoms with Crippen molar-refractivity contribution in [3.8, 4) is 0 Å². The monoisotopic (exact) mass is 319 g/mol. The summed E-state index contributed by atoms with van der Waals surface area (Å²) in [6, 6.07) is 4.03. The van der Waals surface area contributed by atoms with Crippen LogP contribution in [0.1, 0.15) is 30.3 Å².